The van der Waals surface area contributed by atoms with Gasteiger partial charge in [-0.3, -0.25) is 4.79 Å². The van der Waals surface area contributed by atoms with Gasteiger partial charge in [-0.1, -0.05) is 0 Å². The zero-order valence-corrected chi connectivity index (χ0v) is 8.96. The van der Waals surface area contributed by atoms with Gasteiger partial charge in [0.1, 0.15) is 5.82 Å². The molecule has 0 saturated heterocycles. The average Bonchev–Trinajstić information content (AvgIpc) is 2.18. The number of nitrogens with zero attached hydrogens (tertiary/aromatic N) is 1. The maximum atomic E-state index is 12.6. The molecule has 0 aliphatic rings. The van der Waals surface area contributed by atoms with Gasteiger partial charge >= 0.3 is 0 Å². The van der Waals surface area contributed by atoms with E-state index in [1.54, 1.807) is 0 Å². The quantitative estimate of drug-likeness (QED) is 0.806. The maximum absolute atomic E-state index is 12.6. The number of nitrogens with one attached hydrogen (secondary N) is 1. The minimum Gasteiger partial charge on any atom is -0.351 e. The molecule has 0 saturated carbocycles. The molecule has 4 heteroatoms. The Morgan fingerprint density at radius 3 is 2.47 bits per heavy atom. The Labute approximate surface area is 88.9 Å². The van der Waals surface area contributed by atoms with E-state index in [-0.39, 0.29) is 11.7 Å². The van der Waals surface area contributed by atoms with Crippen molar-refractivity contribution in [1.82, 2.24) is 10.2 Å². The highest BCUT2D eigenvalue weighted by Gasteiger charge is 2.04. The smallest absolute Gasteiger partial charge is 0.251 e. The first-order valence-electron chi connectivity index (χ1n) is 4.78. The molecule has 82 valence electrons. The lowest BCUT2D eigenvalue weighted by molar-refractivity contribution is 0.0951. The van der Waals surface area contributed by atoms with Crippen LogP contribution < -0.4 is 5.32 Å². The highest BCUT2D eigenvalue weighted by molar-refractivity contribution is 5.94. The summed E-state index contributed by atoms with van der Waals surface area (Å²) < 4.78 is 12.6. The molecule has 1 amide bonds. The van der Waals surface area contributed by atoms with Crippen LogP contribution in [0.3, 0.4) is 0 Å². The van der Waals surface area contributed by atoms with Crippen molar-refractivity contribution in [3.05, 3.63) is 35.6 Å². The van der Waals surface area contributed by atoms with E-state index in [4.69, 9.17) is 0 Å². The monoisotopic (exact) mass is 209 g/mol. The highest BCUT2D eigenvalue weighted by Crippen LogP contribution is 2.01. The average molecular weight is 209 g/mol. The van der Waals surface area contributed by atoms with Gasteiger partial charge in [-0.05, 0) is 38.4 Å². The standard InChI is InChI=1S/C11H15FN2O/c1-14(2)8-7-13-11(15)9-3-5-10(12)6-4-9/h3-6H,7-8H2,1-2H3,(H,13,15)/i12-1. The fraction of sp³-hybridized carbons (Fsp3) is 0.364. The van der Waals surface area contributed by atoms with Gasteiger partial charge in [-0.2, -0.15) is 0 Å². The Bertz CT molecular complexity index is 322. The van der Waals surface area contributed by atoms with Gasteiger partial charge in [0, 0.05) is 18.7 Å². The number of benzene rings is 1. The SMILES string of the molecule is CN(C)CCNC(=O)c1ccc([18F])cc1. The van der Waals surface area contributed by atoms with Gasteiger partial charge in [0.2, 0.25) is 0 Å². The molecule has 0 radical (unpaired) electrons. The van der Waals surface area contributed by atoms with Crippen molar-refractivity contribution in [2.75, 3.05) is 27.2 Å². The van der Waals surface area contributed by atoms with Gasteiger partial charge in [0.05, 0.1) is 0 Å². The first-order chi connectivity index (χ1) is 7.09. The minimum absolute atomic E-state index is 0.170. The highest BCUT2D eigenvalue weighted by atomic mass is 18.2. The van der Waals surface area contributed by atoms with Gasteiger partial charge in [0.25, 0.3) is 5.91 Å². The van der Waals surface area contributed by atoms with E-state index in [2.05, 4.69) is 5.32 Å². The molecule has 0 aromatic heterocycles. The van der Waals surface area contributed by atoms with Crippen molar-refractivity contribution >= 4 is 5.91 Å². The molecule has 1 aromatic carbocycles. The van der Waals surface area contributed by atoms with Gasteiger partial charge in [-0.15, -0.1) is 0 Å². The predicted octanol–water partition coefficient (Wildman–Crippen LogP) is 1.12. The second-order valence-corrected chi connectivity index (χ2v) is 3.57. The third kappa shape index (κ3) is 4.08. The Balaban J connectivity index is 2.43. The third-order valence-corrected chi connectivity index (χ3v) is 1.95. The molecule has 0 aliphatic carbocycles. The van der Waals surface area contributed by atoms with Crippen LogP contribution >= 0.6 is 0 Å². The fourth-order valence-electron chi connectivity index (χ4n) is 1.10. The molecule has 0 fully saturated rings. The van der Waals surface area contributed by atoms with Crippen LogP contribution in [0.5, 0.6) is 0 Å². The van der Waals surface area contributed by atoms with Crippen LogP contribution in [0.1, 0.15) is 10.4 Å². The molecular weight excluding hydrogens is 194 g/mol. The Morgan fingerprint density at radius 2 is 1.93 bits per heavy atom. The Kier molecular flexibility index (Phi) is 4.24. The van der Waals surface area contributed by atoms with Crippen LogP contribution in [0, 0.1) is 5.82 Å². The summed E-state index contributed by atoms with van der Waals surface area (Å²) in [6, 6.07) is 5.50. The predicted molar refractivity (Wildman–Crippen MR) is 57.3 cm³/mol. The summed E-state index contributed by atoms with van der Waals surface area (Å²) in [7, 11) is 3.87. The van der Waals surface area contributed by atoms with Crippen LogP contribution in [0.2, 0.25) is 0 Å². The lowest BCUT2D eigenvalue weighted by Gasteiger charge is -2.10. The number of halogens is 1. The van der Waals surface area contributed by atoms with Gasteiger partial charge < -0.3 is 10.2 Å². The topological polar surface area (TPSA) is 32.3 Å². The number of hydrogen-bond donors (Lipinski definition) is 1. The summed E-state index contributed by atoms with van der Waals surface area (Å²) in [6.45, 7) is 1.37. The van der Waals surface area contributed by atoms with Gasteiger partial charge in [0.15, 0.2) is 0 Å². The van der Waals surface area contributed by atoms with Crippen LogP contribution in [0.15, 0.2) is 24.3 Å². The van der Waals surface area contributed by atoms with Crippen molar-refractivity contribution in [2.24, 2.45) is 0 Å². The maximum Gasteiger partial charge on any atom is 0.251 e. The van der Waals surface area contributed by atoms with E-state index in [1.807, 2.05) is 19.0 Å². The van der Waals surface area contributed by atoms with E-state index >= 15 is 0 Å². The molecule has 1 N–H and O–H groups in total. The Hall–Kier alpha value is -1.42. The largest absolute Gasteiger partial charge is 0.351 e. The fourth-order valence-corrected chi connectivity index (χ4v) is 1.10. The molecule has 15 heavy (non-hydrogen) atoms. The second kappa shape index (κ2) is 5.46. The van der Waals surface area contributed by atoms with E-state index in [1.165, 1.54) is 24.3 Å². The number of amides is 1. The molecule has 0 atom stereocenters. The van der Waals surface area contributed by atoms with Crippen molar-refractivity contribution < 1.29 is 9.18 Å². The summed E-state index contributed by atoms with van der Waals surface area (Å²) in [5, 5.41) is 2.75. The van der Waals surface area contributed by atoms with Crippen LogP contribution in [-0.2, 0) is 0 Å². The molecule has 0 aliphatic heterocycles. The lowest BCUT2D eigenvalue weighted by atomic mass is 10.2. The number of carbonyl (C=O) groups is 1. The van der Waals surface area contributed by atoms with Crippen LogP contribution in [0.4, 0.5) is 4.39 Å². The molecule has 1 rings (SSSR count). The molecular formula is C11H15FN2O. The van der Waals surface area contributed by atoms with E-state index in [0.717, 1.165) is 6.54 Å². The van der Waals surface area contributed by atoms with Crippen LogP contribution in [-0.4, -0.2) is 38.0 Å². The van der Waals surface area contributed by atoms with E-state index in [9.17, 15) is 9.18 Å². The molecule has 1 aromatic rings. The number of hydrogen-bond acceptors (Lipinski definition) is 2. The van der Waals surface area contributed by atoms with E-state index in [0.29, 0.717) is 12.1 Å². The summed E-state index contributed by atoms with van der Waals surface area (Å²) >= 11 is 0. The third-order valence-electron chi connectivity index (χ3n) is 1.95. The summed E-state index contributed by atoms with van der Waals surface area (Å²) in [5.74, 6) is -0.503. The Morgan fingerprint density at radius 1 is 1.33 bits per heavy atom. The molecule has 3 nitrogen and oxygen atoms in total. The summed E-state index contributed by atoms with van der Waals surface area (Å²) in [5.41, 5.74) is 0.482. The minimum atomic E-state index is -0.333. The second-order valence-electron chi connectivity index (χ2n) is 3.57. The number of likely N-dealkylation sites (N-methyl/N-ethyl adjacent to an activating group) is 1. The summed E-state index contributed by atoms with van der Waals surface area (Å²) in [4.78, 5) is 13.5. The van der Waals surface area contributed by atoms with E-state index < -0.39 is 0 Å². The van der Waals surface area contributed by atoms with Crippen molar-refractivity contribution in [3.8, 4) is 0 Å². The molecule has 0 spiro atoms. The number of rotatable bonds is 4. The van der Waals surface area contributed by atoms with Crippen LogP contribution in [0.25, 0.3) is 0 Å². The molecule has 0 unspecified atom stereocenters. The summed E-state index contributed by atoms with van der Waals surface area (Å²) in [6.07, 6.45) is 0. The zero-order valence-electron chi connectivity index (χ0n) is 8.96. The first kappa shape index (κ1) is 11.7. The zero-order chi connectivity index (χ0) is 11.3. The number of carbonyl (C=O) groups excluding carboxylic acids is 1. The lowest BCUT2D eigenvalue weighted by Crippen LogP contribution is -2.31. The van der Waals surface area contributed by atoms with Crippen molar-refractivity contribution in [3.63, 3.8) is 0 Å². The van der Waals surface area contributed by atoms with Crippen molar-refractivity contribution in [2.45, 2.75) is 0 Å². The van der Waals surface area contributed by atoms with Crippen molar-refractivity contribution in [1.29, 1.82) is 0 Å². The van der Waals surface area contributed by atoms with Gasteiger partial charge in [-0.25, -0.2) is 4.39 Å². The normalized spacial score (nSPS) is 10.4. The first-order valence-corrected chi connectivity index (χ1v) is 4.78. The molecule has 0 heterocycles. The molecule has 0 bridgehead atoms.